The molecule has 0 aliphatic rings. The molecule has 0 aliphatic heterocycles. The Hall–Kier alpha value is -2.62. The summed E-state index contributed by atoms with van der Waals surface area (Å²) in [6, 6.07) is 5.34. The number of nitrogens with zero attached hydrogens (tertiary/aromatic N) is 1. The van der Waals surface area contributed by atoms with Gasteiger partial charge in [0.2, 0.25) is 0 Å². The van der Waals surface area contributed by atoms with Crippen LogP contribution in [0.1, 0.15) is 22.3 Å². The molecule has 0 unspecified atom stereocenters. The van der Waals surface area contributed by atoms with E-state index in [1.54, 1.807) is 6.07 Å². The van der Waals surface area contributed by atoms with Gasteiger partial charge in [-0.05, 0) is 24.6 Å². The second kappa shape index (κ2) is 6.96. The van der Waals surface area contributed by atoms with E-state index in [2.05, 4.69) is 10.6 Å². The molecule has 3 N–H and O–H groups in total. The summed E-state index contributed by atoms with van der Waals surface area (Å²) in [5, 5.41) is 21.5. The number of amides is 2. The molecule has 0 atom stereocenters. The summed E-state index contributed by atoms with van der Waals surface area (Å²) in [6.45, 7) is 0.421. The smallest absolute Gasteiger partial charge is 0.404 e. The molecule has 100 valence electrons. The van der Waals surface area contributed by atoms with Gasteiger partial charge in [0, 0.05) is 13.1 Å². The number of nitriles is 1. The van der Waals surface area contributed by atoms with Crippen LogP contribution in [0, 0.1) is 17.1 Å². The molecular formula is C12H12FN3O3. The van der Waals surface area contributed by atoms with Crippen LogP contribution >= 0.6 is 0 Å². The zero-order valence-corrected chi connectivity index (χ0v) is 9.94. The summed E-state index contributed by atoms with van der Waals surface area (Å²) in [4.78, 5) is 21.7. The van der Waals surface area contributed by atoms with Gasteiger partial charge in [-0.15, -0.1) is 0 Å². The second-order valence-electron chi connectivity index (χ2n) is 3.65. The minimum absolute atomic E-state index is 0.139. The third-order valence-corrected chi connectivity index (χ3v) is 2.26. The lowest BCUT2D eigenvalue weighted by molar-refractivity contribution is 0.0949. The van der Waals surface area contributed by atoms with Crippen LogP contribution in [0.3, 0.4) is 0 Å². The van der Waals surface area contributed by atoms with E-state index < -0.39 is 17.8 Å². The van der Waals surface area contributed by atoms with Gasteiger partial charge in [-0.1, -0.05) is 0 Å². The third-order valence-electron chi connectivity index (χ3n) is 2.26. The van der Waals surface area contributed by atoms with Gasteiger partial charge in [0.05, 0.1) is 17.2 Å². The van der Waals surface area contributed by atoms with Crippen LogP contribution in [-0.4, -0.2) is 30.2 Å². The molecule has 19 heavy (non-hydrogen) atoms. The van der Waals surface area contributed by atoms with Crippen LogP contribution in [-0.2, 0) is 0 Å². The number of carboxylic acid groups (broad SMARTS) is 1. The topological polar surface area (TPSA) is 102 Å². The minimum atomic E-state index is -1.13. The number of hydrogen-bond donors (Lipinski definition) is 3. The van der Waals surface area contributed by atoms with E-state index >= 15 is 0 Å². The molecule has 0 aliphatic carbocycles. The van der Waals surface area contributed by atoms with Crippen LogP contribution in [0.4, 0.5) is 9.18 Å². The molecular weight excluding hydrogens is 253 g/mol. The van der Waals surface area contributed by atoms with Crippen molar-refractivity contribution >= 4 is 12.0 Å². The van der Waals surface area contributed by atoms with E-state index in [1.165, 1.54) is 12.1 Å². The molecule has 0 bridgehead atoms. The number of rotatable bonds is 5. The maximum absolute atomic E-state index is 13.5. The first-order valence-electron chi connectivity index (χ1n) is 5.49. The molecule has 1 aromatic rings. The highest BCUT2D eigenvalue weighted by atomic mass is 19.1. The highest BCUT2D eigenvalue weighted by Crippen LogP contribution is 2.09. The summed E-state index contributed by atoms with van der Waals surface area (Å²) < 4.78 is 13.5. The number of nitrogens with one attached hydrogen (secondary N) is 2. The van der Waals surface area contributed by atoms with Gasteiger partial charge in [-0.2, -0.15) is 5.26 Å². The highest BCUT2D eigenvalue weighted by molar-refractivity contribution is 5.94. The van der Waals surface area contributed by atoms with E-state index in [9.17, 15) is 14.0 Å². The average molecular weight is 265 g/mol. The fourth-order valence-electron chi connectivity index (χ4n) is 1.35. The number of benzene rings is 1. The van der Waals surface area contributed by atoms with Crippen LogP contribution in [0.2, 0.25) is 0 Å². The van der Waals surface area contributed by atoms with Crippen molar-refractivity contribution in [1.82, 2.24) is 10.6 Å². The largest absolute Gasteiger partial charge is 0.465 e. The van der Waals surface area contributed by atoms with Gasteiger partial charge in [-0.3, -0.25) is 4.79 Å². The number of carbonyl (C=O) groups excluding carboxylic acids is 1. The van der Waals surface area contributed by atoms with E-state index in [0.717, 1.165) is 6.07 Å². The van der Waals surface area contributed by atoms with E-state index in [1.807, 2.05) is 0 Å². The Morgan fingerprint density at radius 1 is 1.32 bits per heavy atom. The molecule has 0 saturated heterocycles. The fraction of sp³-hybridized carbons (Fsp3) is 0.250. The van der Waals surface area contributed by atoms with Gasteiger partial charge < -0.3 is 15.7 Å². The van der Waals surface area contributed by atoms with Gasteiger partial charge in [0.25, 0.3) is 5.91 Å². The Bertz CT molecular complexity index is 525. The summed E-state index contributed by atoms with van der Waals surface area (Å²) in [7, 11) is 0. The maximum Gasteiger partial charge on any atom is 0.404 e. The molecule has 2 amide bonds. The highest BCUT2D eigenvalue weighted by Gasteiger charge is 2.11. The molecule has 0 radical (unpaired) electrons. The van der Waals surface area contributed by atoms with Gasteiger partial charge in [0.15, 0.2) is 0 Å². The first-order chi connectivity index (χ1) is 9.04. The first kappa shape index (κ1) is 14.4. The maximum atomic E-state index is 13.5. The number of hydrogen-bond acceptors (Lipinski definition) is 3. The number of halogens is 1. The van der Waals surface area contributed by atoms with Crippen molar-refractivity contribution in [2.24, 2.45) is 0 Å². The zero-order chi connectivity index (χ0) is 14.3. The van der Waals surface area contributed by atoms with Gasteiger partial charge in [-0.25, -0.2) is 9.18 Å². The standard InChI is InChI=1S/C12H12FN3O3/c13-10-6-8(7-14)2-3-9(10)11(17)15-4-1-5-16-12(18)19/h2-3,6,16H,1,4-5H2,(H,15,17)(H,18,19). The Labute approximate surface area is 108 Å². The monoisotopic (exact) mass is 265 g/mol. The molecule has 0 saturated carbocycles. The summed E-state index contributed by atoms with van der Waals surface area (Å²) in [5.41, 5.74) is -0.00935. The number of carbonyl (C=O) groups is 2. The minimum Gasteiger partial charge on any atom is -0.465 e. The molecule has 1 aromatic carbocycles. The lowest BCUT2D eigenvalue weighted by Crippen LogP contribution is -2.29. The summed E-state index contributed by atoms with van der Waals surface area (Å²) >= 11 is 0. The predicted octanol–water partition coefficient (Wildman–Crippen LogP) is 1.08. The van der Waals surface area contributed by atoms with Crippen LogP contribution < -0.4 is 10.6 Å². The average Bonchev–Trinajstić information content (AvgIpc) is 2.37. The fourth-order valence-corrected chi connectivity index (χ4v) is 1.35. The molecule has 0 fully saturated rings. The molecule has 7 heteroatoms. The van der Waals surface area contributed by atoms with Crippen molar-refractivity contribution in [2.75, 3.05) is 13.1 Å². The van der Waals surface area contributed by atoms with Crippen molar-refractivity contribution in [3.63, 3.8) is 0 Å². The van der Waals surface area contributed by atoms with Crippen molar-refractivity contribution in [1.29, 1.82) is 5.26 Å². The van der Waals surface area contributed by atoms with Gasteiger partial charge in [0.1, 0.15) is 5.82 Å². The Kier molecular flexibility index (Phi) is 5.29. The van der Waals surface area contributed by atoms with E-state index in [-0.39, 0.29) is 24.2 Å². The lowest BCUT2D eigenvalue weighted by atomic mass is 10.1. The SMILES string of the molecule is N#Cc1ccc(C(=O)NCCCNC(=O)O)c(F)c1. The van der Waals surface area contributed by atoms with Crippen molar-refractivity contribution in [2.45, 2.75) is 6.42 Å². The van der Waals surface area contributed by atoms with Crippen LogP contribution in [0.5, 0.6) is 0 Å². The third kappa shape index (κ3) is 4.63. The molecule has 1 rings (SSSR count). The van der Waals surface area contributed by atoms with Gasteiger partial charge >= 0.3 is 6.09 Å². The molecule has 0 spiro atoms. The zero-order valence-electron chi connectivity index (χ0n) is 9.94. The van der Waals surface area contributed by atoms with Crippen molar-refractivity contribution < 1.29 is 19.1 Å². The van der Waals surface area contributed by atoms with E-state index in [4.69, 9.17) is 10.4 Å². The van der Waals surface area contributed by atoms with Crippen LogP contribution in [0.15, 0.2) is 18.2 Å². The molecule has 0 heterocycles. The predicted molar refractivity (Wildman–Crippen MR) is 64.1 cm³/mol. The van der Waals surface area contributed by atoms with Crippen molar-refractivity contribution in [3.05, 3.63) is 35.1 Å². The Morgan fingerprint density at radius 3 is 2.58 bits per heavy atom. The lowest BCUT2D eigenvalue weighted by Gasteiger charge is -2.06. The molecule has 0 aromatic heterocycles. The second-order valence-corrected chi connectivity index (χ2v) is 3.65. The van der Waals surface area contributed by atoms with Crippen LogP contribution in [0.25, 0.3) is 0 Å². The summed E-state index contributed by atoms with van der Waals surface area (Å²) in [5.74, 6) is -1.36. The first-order valence-corrected chi connectivity index (χ1v) is 5.49. The normalized spacial score (nSPS) is 9.47. The van der Waals surface area contributed by atoms with Crippen molar-refractivity contribution in [3.8, 4) is 6.07 Å². The summed E-state index contributed by atoms with van der Waals surface area (Å²) in [6.07, 6.45) is -0.736. The quantitative estimate of drug-likeness (QED) is 0.693. The van der Waals surface area contributed by atoms with E-state index in [0.29, 0.717) is 6.42 Å². The Balaban J connectivity index is 2.46. The Morgan fingerprint density at radius 2 is 2.00 bits per heavy atom. The molecule has 6 nitrogen and oxygen atoms in total.